The normalized spacial score (nSPS) is 18.8. The topological polar surface area (TPSA) is 68.9 Å². The maximum absolute atomic E-state index is 11.7. The minimum atomic E-state index is -0.533. The summed E-state index contributed by atoms with van der Waals surface area (Å²) >= 11 is 0. The van der Waals surface area contributed by atoms with E-state index in [0.29, 0.717) is 19.1 Å². The predicted molar refractivity (Wildman–Crippen MR) is 86.0 cm³/mol. The summed E-state index contributed by atoms with van der Waals surface area (Å²) in [4.78, 5) is 16.3. The Morgan fingerprint density at radius 1 is 1.41 bits per heavy atom. The molecule has 0 saturated carbocycles. The van der Waals surface area contributed by atoms with Gasteiger partial charge < -0.3 is 19.7 Å². The van der Waals surface area contributed by atoms with Gasteiger partial charge in [-0.25, -0.2) is 0 Å². The Morgan fingerprint density at radius 2 is 2.05 bits per heavy atom. The second-order valence-corrected chi connectivity index (χ2v) is 6.47. The first-order valence-corrected chi connectivity index (χ1v) is 7.86. The summed E-state index contributed by atoms with van der Waals surface area (Å²) in [5, 5.41) is 19.2. The zero-order chi connectivity index (χ0) is 16.3. The average molecular weight is 309 g/mol. The zero-order valence-corrected chi connectivity index (χ0v) is 13.7. The summed E-state index contributed by atoms with van der Waals surface area (Å²) in [7, 11) is 4.20. The van der Waals surface area contributed by atoms with E-state index in [9.17, 15) is 15.0 Å². The van der Waals surface area contributed by atoms with Crippen LogP contribution in [-0.4, -0.2) is 63.9 Å². The molecule has 1 fully saturated rings. The van der Waals surface area contributed by atoms with E-state index in [1.165, 1.54) is 12.3 Å². The number of aliphatic hydroxyl groups is 1. The average Bonchev–Trinajstić information content (AvgIpc) is 2.44. The number of pyridine rings is 1. The van der Waals surface area contributed by atoms with E-state index in [1.807, 2.05) is 0 Å². The molecule has 22 heavy (non-hydrogen) atoms. The Kier molecular flexibility index (Phi) is 5.61. The van der Waals surface area contributed by atoms with Crippen LogP contribution in [0.5, 0.6) is 5.75 Å². The first kappa shape index (κ1) is 17.0. The van der Waals surface area contributed by atoms with Crippen molar-refractivity contribution in [2.75, 3.05) is 27.2 Å². The van der Waals surface area contributed by atoms with Crippen molar-refractivity contribution in [3.63, 3.8) is 0 Å². The van der Waals surface area contributed by atoms with Gasteiger partial charge in [-0.15, -0.1) is 0 Å². The smallest absolute Gasteiger partial charge is 0.223 e. The van der Waals surface area contributed by atoms with Crippen molar-refractivity contribution in [2.45, 2.75) is 45.0 Å². The van der Waals surface area contributed by atoms with Crippen LogP contribution in [0, 0.1) is 0 Å². The molecular weight excluding hydrogens is 282 g/mol. The molecule has 1 unspecified atom stereocenters. The van der Waals surface area contributed by atoms with E-state index in [-0.39, 0.29) is 11.2 Å². The van der Waals surface area contributed by atoms with Gasteiger partial charge in [-0.05, 0) is 47.0 Å². The maximum Gasteiger partial charge on any atom is 0.223 e. The van der Waals surface area contributed by atoms with Gasteiger partial charge in [-0.2, -0.15) is 0 Å². The van der Waals surface area contributed by atoms with Crippen LogP contribution in [0.15, 0.2) is 17.1 Å². The second-order valence-electron chi connectivity index (χ2n) is 6.47. The van der Waals surface area contributed by atoms with E-state index in [2.05, 4.69) is 23.9 Å². The number of likely N-dealkylation sites (tertiary alicyclic amines) is 1. The third-order valence-electron chi connectivity index (χ3n) is 4.38. The van der Waals surface area contributed by atoms with E-state index in [1.54, 1.807) is 11.5 Å². The van der Waals surface area contributed by atoms with Crippen molar-refractivity contribution < 1.29 is 10.2 Å². The van der Waals surface area contributed by atoms with Crippen LogP contribution in [0.1, 0.15) is 25.5 Å². The quantitative estimate of drug-likeness (QED) is 0.827. The third-order valence-corrected chi connectivity index (χ3v) is 4.38. The van der Waals surface area contributed by atoms with Crippen LogP contribution in [0.2, 0.25) is 0 Å². The van der Waals surface area contributed by atoms with Gasteiger partial charge in [0.2, 0.25) is 5.43 Å². The number of hydrogen-bond acceptors (Lipinski definition) is 5. The number of rotatable bonds is 5. The van der Waals surface area contributed by atoms with Gasteiger partial charge in [0.1, 0.15) is 0 Å². The van der Waals surface area contributed by atoms with Crippen molar-refractivity contribution in [1.82, 2.24) is 14.4 Å². The van der Waals surface area contributed by atoms with Crippen molar-refractivity contribution in [1.29, 1.82) is 0 Å². The Bertz CT molecular complexity index is 548. The molecular formula is C16H27N3O3. The Balaban J connectivity index is 2.13. The molecule has 1 saturated heterocycles. The number of aromatic nitrogens is 1. The van der Waals surface area contributed by atoms with Gasteiger partial charge in [-0.1, -0.05) is 0 Å². The molecule has 6 nitrogen and oxygen atoms in total. The SMILES string of the molecule is CC(O)Cn1cc(O)c(=O)cc1CN(C)C1CCN(C)CC1. The lowest BCUT2D eigenvalue weighted by molar-refractivity contribution is 0.133. The van der Waals surface area contributed by atoms with Gasteiger partial charge in [-0.3, -0.25) is 9.69 Å². The highest BCUT2D eigenvalue weighted by Gasteiger charge is 2.21. The predicted octanol–water partition coefficient (Wildman–Crippen LogP) is 0.461. The summed E-state index contributed by atoms with van der Waals surface area (Å²) < 4.78 is 1.77. The number of aliphatic hydroxyl groups excluding tert-OH is 1. The summed E-state index contributed by atoms with van der Waals surface area (Å²) in [5.41, 5.74) is 0.457. The van der Waals surface area contributed by atoms with Gasteiger partial charge in [0, 0.05) is 30.9 Å². The van der Waals surface area contributed by atoms with Crippen LogP contribution in [0.3, 0.4) is 0 Å². The first-order chi connectivity index (χ1) is 10.4. The highest BCUT2D eigenvalue weighted by atomic mass is 16.3. The molecule has 0 spiro atoms. The van der Waals surface area contributed by atoms with Gasteiger partial charge >= 0.3 is 0 Å². The summed E-state index contributed by atoms with van der Waals surface area (Å²) in [5.74, 6) is -0.272. The lowest BCUT2D eigenvalue weighted by atomic mass is 10.0. The molecule has 0 aliphatic carbocycles. The first-order valence-electron chi connectivity index (χ1n) is 7.86. The molecule has 2 rings (SSSR count). The molecule has 0 radical (unpaired) electrons. The molecule has 0 amide bonds. The minimum Gasteiger partial charge on any atom is -0.503 e. The van der Waals surface area contributed by atoms with Gasteiger partial charge in [0.15, 0.2) is 5.75 Å². The van der Waals surface area contributed by atoms with Gasteiger partial charge in [0.25, 0.3) is 0 Å². The fraction of sp³-hybridized carbons (Fsp3) is 0.688. The van der Waals surface area contributed by atoms with E-state index >= 15 is 0 Å². The molecule has 1 aromatic heterocycles. The molecule has 124 valence electrons. The van der Waals surface area contributed by atoms with Crippen LogP contribution < -0.4 is 5.43 Å². The molecule has 1 aliphatic heterocycles. The minimum absolute atomic E-state index is 0.272. The van der Waals surface area contributed by atoms with Crippen LogP contribution in [0.4, 0.5) is 0 Å². The molecule has 6 heteroatoms. The monoisotopic (exact) mass is 309 g/mol. The Labute approximate surface area is 131 Å². The number of aromatic hydroxyl groups is 1. The van der Waals surface area contributed by atoms with E-state index in [0.717, 1.165) is 31.6 Å². The van der Waals surface area contributed by atoms with Crippen LogP contribution in [-0.2, 0) is 13.1 Å². The lowest BCUT2D eigenvalue weighted by Crippen LogP contribution is -2.42. The van der Waals surface area contributed by atoms with E-state index in [4.69, 9.17) is 0 Å². The van der Waals surface area contributed by atoms with Crippen LogP contribution >= 0.6 is 0 Å². The molecule has 1 atom stereocenters. The van der Waals surface area contributed by atoms with Crippen molar-refractivity contribution >= 4 is 0 Å². The van der Waals surface area contributed by atoms with Crippen molar-refractivity contribution in [2.24, 2.45) is 0 Å². The second kappa shape index (κ2) is 7.26. The molecule has 0 bridgehead atoms. The standard InChI is InChI=1S/C16H27N3O3/c1-12(20)9-19-11-16(22)15(21)8-14(19)10-18(3)13-4-6-17(2)7-5-13/h8,11-13,20,22H,4-7,9-10H2,1-3H3. The highest BCUT2D eigenvalue weighted by molar-refractivity contribution is 5.20. The number of nitrogens with zero attached hydrogens (tertiary/aromatic N) is 3. The highest BCUT2D eigenvalue weighted by Crippen LogP contribution is 2.17. The number of hydrogen-bond donors (Lipinski definition) is 2. The lowest BCUT2D eigenvalue weighted by Gasteiger charge is -2.35. The Morgan fingerprint density at radius 3 is 2.64 bits per heavy atom. The summed E-state index contributed by atoms with van der Waals surface area (Å²) in [6.45, 7) is 4.87. The summed E-state index contributed by atoms with van der Waals surface area (Å²) in [6.07, 6.45) is 3.12. The van der Waals surface area contributed by atoms with Gasteiger partial charge in [0.05, 0.1) is 12.3 Å². The summed E-state index contributed by atoms with van der Waals surface area (Å²) in [6, 6.07) is 1.98. The molecule has 2 heterocycles. The van der Waals surface area contributed by atoms with Crippen molar-refractivity contribution in [3.8, 4) is 5.75 Å². The fourth-order valence-corrected chi connectivity index (χ4v) is 3.01. The van der Waals surface area contributed by atoms with Crippen molar-refractivity contribution in [3.05, 3.63) is 28.2 Å². The number of piperidine rings is 1. The molecule has 1 aromatic rings. The van der Waals surface area contributed by atoms with Crippen LogP contribution in [0.25, 0.3) is 0 Å². The molecule has 0 aromatic carbocycles. The molecule has 2 N–H and O–H groups in total. The Hall–Kier alpha value is -1.37. The third kappa shape index (κ3) is 4.32. The zero-order valence-electron chi connectivity index (χ0n) is 13.7. The largest absolute Gasteiger partial charge is 0.503 e. The fourth-order valence-electron chi connectivity index (χ4n) is 3.01. The van der Waals surface area contributed by atoms with E-state index < -0.39 is 6.10 Å². The maximum atomic E-state index is 11.7. The molecule has 1 aliphatic rings.